The molecule has 0 aromatic heterocycles. The van der Waals surface area contributed by atoms with Crippen molar-refractivity contribution in [1.29, 1.82) is 0 Å². The van der Waals surface area contributed by atoms with Crippen molar-refractivity contribution >= 4 is 21.7 Å². The maximum Gasteiger partial charge on any atom is 0.335 e. The van der Waals surface area contributed by atoms with E-state index in [1.807, 2.05) is 0 Å². The number of rotatable bonds is 2. The fourth-order valence-electron chi connectivity index (χ4n) is 3.13. The van der Waals surface area contributed by atoms with Crippen LogP contribution in [0.3, 0.4) is 0 Å². The summed E-state index contributed by atoms with van der Waals surface area (Å²) in [7, 11) is -3.08. The highest BCUT2D eigenvalue weighted by Gasteiger charge is 2.36. The lowest BCUT2D eigenvalue weighted by atomic mass is 9.96. The van der Waals surface area contributed by atoms with E-state index >= 15 is 0 Å². The zero-order chi connectivity index (χ0) is 15.9. The first-order valence-electron chi connectivity index (χ1n) is 7.20. The molecule has 1 amide bonds. The molecule has 0 saturated carbocycles. The van der Waals surface area contributed by atoms with E-state index in [4.69, 9.17) is 5.11 Å². The minimum Gasteiger partial charge on any atom is -0.478 e. The molecule has 0 bridgehead atoms. The van der Waals surface area contributed by atoms with Crippen LogP contribution in [0, 0.1) is 5.92 Å². The van der Waals surface area contributed by atoms with Crippen LogP contribution in [-0.2, 0) is 27.6 Å². The van der Waals surface area contributed by atoms with E-state index < -0.39 is 21.7 Å². The van der Waals surface area contributed by atoms with E-state index in [2.05, 4.69) is 0 Å². The Morgan fingerprint density at radius 1 is 1.23 bits per heavy atom. The Morgan fingerprint density at radius 3 is 2.64 bits per heavy atom. The molecule has 0 spiro atoms. The Balaban J connectivity index is 1.77. The van der Waals surface area contributed by atoms with E-state index in [1.54, 1.807) is 23.1 Å². The van der Waals surface area contributed by atoms with E-state index in [0.717, 1.165) is 11.1 Å². The number of carboxylic acids is 1. The van der Waals surface area contributed by atoms with Crippen LogP contribution in [0.1, 0.15) is 27.9 Å². The molecule has 0 radical (unpaired) electrons. The molecule has 2 aliphatic heterocycles. The highest BCUT2D eigenvalue weighted by Crippen LogP contribution is 2.25. The molecule has 118 valence electrons. The van der Waals surface area contributed by atoms with Gasteiger partial charge in [0.25, 0.3) is 0 Å². The van der Waals surface area contributed by atoms with Gasteiger partial charge in [-0.3, -0.25) is 4.79 Å². The zero-order valence-electron chi connectivity index (χ0n) is 12.0. The molecule has 0 aliphatic carbocycles. The number of carbonyl (C=O) groups excluding carboxylic acids is 1. The van der Waals surface area contributed by atoms with Crippen LogP contribution < -0.4 is 0 Å². The monoisotopic (exact) mass is 323 g/mol. The number of carboxylic acid groups (broad SMARTS) is 1. The molecular weight excluding hydrogens is 306 g/mol. The molecule has 1 N–H and O–H groups in total. The average Bonchev–Trinajstić information content (AvgIpc) is 2.85. The molecule has 1 fully saturated rings. The smallest absolute Gasteiger partial charge is 0.335 e. The van der Waals surface area contributed by atoms with Gasteiger partial charge in [-0.15, -0.1) is 0 Å². The SMILES string of the molecule is O=C(O)c1ccc2c(c1)CN(C(=O)C1CCS(=O)(=O)C1)CC2. The molecule has 22 heavy (non-hydrogen) atoms. The number of nitrogens with zero attached hydrogens (tertiary/aromatic N) is 1. The molecule has 1 saturated heterocycles. The number of aromatic carboxylic acids is 1. The average molecular weight is 323 g/mol. The van der Waals surface area contributed by atoms with Crippen molar-refractivity contribution in [2.45, 2.75) is 19.4 Å². The second-order valence-electron chi connectivity index (χ2n) is 5.90. The Kier molecular flexibility index (Phi) is 3.68. The third kappa shape index (κ3) is 2.85. The summed E-state index contributed by atoms with van der Waals surface area (Å²) in [6.07, 6.45) is 1.06. The summed E-state index contributed by atoms with van der Waals surface area (Å²) in [6, 6.07) is 4.96. The number of amides is 1. The first kappa shape index (κ1) is 15.0. The zero-order valence-corrected chi connectivity index (χ0v) is 12.8. The summed E-state index contributed by atoms with van der Waals surface area (Å²) in [5.74, 6) is -1.56. The lowest BCUT2D eigenvalue weighted by Gasteiger charge is -2.30. The van der Waals surface area contributed by atoms with Crippen LogP contribution in [0.2, 0.25) is 0 Å². The number of hydrogen-bond acceptors (Lipinski definition) is 4. The van der Waals surface area contributed by atoms with Crippen molar-refractivity contribution in [2.75, 3.05) is 18.1 Å². The fraction of sp³-hybridized carbons (Fsp3) is 0.467. The van der Waals surface area contributed by atoms with Gasteiger partial charge in [-0.25, -0.2) is 13.2 Å². The summed E-state index contributed by atoms with van der Waals surface area (Å²) in [6.45, 7) is 0.903. The second kappa shape index (κ2) is 5.39. The van der Waals surface area contributed by atoms with Gasteiger partial charge in [0.05, 0.1) is 23.0 Å². The number of fused-ring (bicyclic) bond motifs is 1. The third-order valence-electron chi connectivity index (χ3n) is 4.36. The quantitative estimate of drug-likeness (QED) is 0.865. The predicted molar refractivity (Wildman–Crippen MR) is 79.3 cm³/mol. The highest BCUT2D eigenvalue weighted by atomic mass is 32.2. The van der Waals surface area contributed by atoms with Gasteiger partial charge < -0.3 is 10.0 Å². The lowest BCUT2D eigenvalue weighted by Crippen LogP contribution is -2.40. The van der Waals surface area contributed by atoms with Crippen molar-refractivity contribution in [1.82, 2.24) is 4.90 Å². The van der Waals surface area contributed by atoms with Crippen molar-refractivity contribution in [3.05, 3.63) is 34.9 Å². The standard InChI is InChI=1S/C15H17NO5S/c17-14(12-4-6-22(20,21)9-12)16-5-3-10-1-2-11(15(18)19)7-13(10)8-16/h1-2,7,12H,3-6,8-9H2,(H,18,19). The van der Waals surface area contributed by atoms with Gasteiger partial charge >= 0.3 is 5.97 Å². The Bertz CT molecular complexity index is 740. The summed E-state index contributed by atoms with van der Waals surface area (Å²) in [5, 5.41) is 9.04. The van der Waals surface area contributed by atoms with Gasteiger partial charge in [0.15, 0.2) is 9.84 Å². The van der Waals surface area contributed by atoms with E-state index in [-0.39, 0.29) is 23.0 Å². The van der Waals surface area contributed by atoms with Gasteiger partial charge in [-0.1, -0.05) is 6.07 Å². The van der Waals surface area contributed by atoms with Gasteiger partial charge in [0.2, 0.25) is 5.91 Å². The third-order valence-corrected chi connectivity index (χ3v) is 6.13. The molecular formula is C15H17NO5S. The van der Waals surface area contributed by atoms with Gasteiger partial charge in [0.1, 0.15) is 0 Å². The summed E-state index contributed by atoms with van der Waals surface area (Å²) < 4.78 is 23.0. The molecule has 7 heteroatoms. The number of sulfone groups is 1. The number of carbonyl (C=O) groups is 2. The molecule has 2 heterocycles. The van der Waals surface area contributed by atoms with E-state index in [0.29, 0.717) is 25.9 Å². The van der Waals surface area contributed by atoms with E-state index in [1.165, 1.54) is 0 Å². The largest absolute Gasteiger partial charge is 0.478 e. The molecule has 1 aromatic rings. The molecule has 3 rings (SSSR count). The first-order chi connectivity index (χ1) is 10.4. The predicted octanol–water partition coefficient (Wildman–Crippen LogP) is 0.704. The van der Waals surface area contributed by atoms with Crippen molar-refractivity contribution in [2.24, 2.45) is 5.92 Å². The summed E-state index contributed by atoms with van der Waals surface area (Å²) in [5.41, 5.74) is 2.09. The molecule has 1 unspecified atom stereocenters. The Hall–Kier alpha value is -1.89. The molecule has 6 nitrogen and oxygen atoms in total. The normalized spacial score (nSPS) is 23.1. The molecule has 2 aliphatic rings. The van der Waals surface area contributed by atoms with Crippen LogP contribution >= 0.6 is 0 Å². The van der Waals surface area contributed by atoms with Crippen molar-refractivity contribution < 1.29 is 23.1 Å². The Labute approximate surface area is 128 Å². The van der Waals surface area contributed by atoms with Crippen LogP contribution in [0.5, 0.6) is 0 Å². The Morgan fingerprint density at radius 2 is 2.00 bits per heavy atom. The minimum absolute atomic E-state index is 0.0651. The van der Waals surface area contributed by atoms with E-state index in [9.17, 15) is 18.0 Å². The fourth-order valence-corrected chi connectivity index (χ4v) is 4.86. The number of benzene rings is 1. The van der Waals surface area contributed by atoms with Gasteiger partial charge in [-0.05, 0) is 36.1 Å². The highest BCUT2D eigenvalue weighted by molar-refractivity contribution is 7.91. The number of hydrogen-bond donors (Lipinski definition) is 1. The van der Waals surface area contributed by atoms with Crippen LogP contribution in [0.4, 0.5) is 0 Å². The lowest BCUT2D eigenvalue weighted by molar-refractivity contribution is -0.135. The van der Waals surface area contributed by atoms with Gasteiger partial charge in [-0.2, -0.15) is 0 Å². The van der Waals surface area contributed by atoms with Gasteiger partial charge in [0, 0.05) is 13.1 Å². The molecule has 1 atom stereocenters. The van der Waals surface area contributed by atoms with Crippen LogP contribution in [-0.4, -0.2) is 48.4 Å². The van der Waals surface area contributed by atoms with Crippen LogP contribution in [0.15, 0.2) is 18.2 Å². The maximum absolute atomic E-state index is 12.5. The minimum atomic E-state index is -3.08. The topological polar surface area (TPSA) is 91.8 Å². The van der Waals surface area contributed by atoms with Crippen molar-refractivity contribution in [3.63, 3.8) is 0 Å². The van der Waals surface area contributed by atoms with Crippen LogP contribution in [0.25, 0.3) is 0 Å². The molecule has 1 aromatic carbocycles. The maximum atomic E-state index is 12.5. The first-order valence-corrected chi connectivity index (χ1v) is 9.02. The van der Waals surface area contributed by atoms with Crippen molar-refractivity contribution in [3.8, 4) is 0 Å². The summed E-state index contributed by atoms with van der Waals surface area (Å²) >= 11 is 0. The summed E-state index contributed by atoms with van der Waals surface area (Å²) in [4.78, 5) is 25.1. The second-order valence-corrected chi connectivity index (χ2v) is 8.13.